The summed E-state index contributed by atoms with van der Waals surface area (Å²) in [7, 11) is 0. The van der Waals surface area contributed by atoms with Crippen LogP contribution in [0.4, 0.5) is 18.9 Å². The van der Waals surface area contributed by atoms with Crippen LogP contribution in [0.5, 0.6) is 0 Å². The Balaban J connectivity index is 2.92. The topological polar surface area (TPSA) is 55.1 Å². The first kappa shape index (κ1) is 18.0. The maximum absolute atomic E-state index is 12.7. The smallest absolute Gasteiger partial charge is 0.330 e. The van der Waals surface area contributed by atoms with Crippen molar-refractivity contribution in [2.75, 3.05) is 11.9 Å². The van der Waals surface area contributed by atoms with E-state index < -0.39 is 17.7 Å². The van der Waals surface area contributed by atoms with Gasteiger partial charge in [0.1, 0.15) is 0 Å². The molecule has 0 radical (unpaired) electrons. The lowest BCUT2D eigenvalue weighted by atomic mass is 9.96. The first-order valence-electron chi connectivity index (χ1n) is 6.52. The summed E-state index contributed by atoms with van der Waals surface area (Å²) in [6, 6.07) is 3.30. The SMILES string of the molecule is CC(C)CC(CN)C(=O)Nc1cc(Br)cc(C(F)(F)F)c1. The lowest BCUT2D eigenvalue weighted by molar-refractivity contribution is -0.137. The molecule has 3 N–H and O–H groups in total. The van der Waals surface area contributed by atoms with Crippen molar-refractivity contribution < 1.29 is 18.0 Å². The van der Waals surface area contributed by atoms with Crippen molar-refractivity contribution in [3.8, 4) is 0 Å². The molecular formula is C14H18BrF3N2O. The van der Waals surface area contributed by atoms with E-state index in [1.807, 2.05) is 13.8 Å². The number of benzene rings is 1. The third-order valence-electron chi connectivity index (χ3n) is 2.90. The monoisotopic (exact) mass is 366 g/mol. The Hall–Kier alpha value is -1.08. The van der Waals surface area contributed by atoms with Crippen LogP contribution in [0.25, 0.3) is 0 Å². The van der Waals surface area contributed by atoms with E-state index in [4.69, 9.17) is 5.73 Å². The molecular weight excluding hydrogens is 349 g/mol. The number of nitrogens with two attached hydrogens (primary N) is 1. The Labute approximate surface area is 130 Å². The van der Waals surface area contributed by atoms with E-state index in [1.54, 1.807) is 0 Å². The molecule has 0 spiro atoms. The maximum atomic E-state index is 12.7. The number of hydrogen-bond donors (Lipinski definition) is 2. The minimum absolute atomic E-state index is 0.101. The number of amides is 1. The third kappa shape index (κ3) is 5.67. The zero-order valence-electron chi connectivity index (χ0n) is 11.8. The number of rotatable bonds is 5. The highest BCUT2D eigenvalue weighted by molar-refractivity contribution is 9.10. The van der Waals surface area contributed by atoms with Crippen LogP contribution in [-0.4, -0.2) is 12.5 Å². The van der Waals surface area contributed by atoms with Crippen LogP contribution >= 0.6 is 15.9 Å². The van der Waals surface area contributed by atoms with E-state index >= 15 is 0 Å². The molecule has 0 fully saturated rings. The predicted molar refractivity (Wildman–Crippen MR) is 79.8 cm³/mol. The Bertz CT molecular complexity index is 503. The summed E-state index contributed by atoms with van der Waals surface area (Å²) in [5.41, 5.74) is 4.84. The maximum Gasteiger partial charge on any atom is 0.416 e. The lowest BCUT2D eigenvalue weighted by Crippen LogP contribution is -2.30. The molecule has 0 saturated carbocycles. The predicted octanol–water partition coefficient (Wildman–Crippen LogP) is 4.03. The number of alkyl halides is 3. The molecule has 21 heavy (non-hydrogen) atoms. The Kier molecular flexibility index (Phi) is 6.22. The molecule has 1 amide bonds. The van der Waals surface area contributed by atoms with Gasteiger partial charge in [0, 0.05) is 16.7 Å². The molecule has 1 rings (SSSR count). The Morgan fingerprint density at radius 3 is 2.43 bits per heavy atom. The molecule has 0 bridgehead atoms. The summed E-state index contributed by atoms with van der Waals surface area (Å²) < 4.78 is 38.4. The molecule has 1 unspecified atom stereocenters. The van der Waals surface area contributed by atoms with Gasteiger partial charge < -0.3 is 11.1 Å². The number of nitrogens with one attached hydrogen (secondary N) is 1. The number of carbonyl (C=O) groups is 1. The fraction of sp³-hybridized carbons (Fsp3) is 0.500. The molecule has 118 valence electrons. The summed E-state index contributed by atoms with van der Waals surface area (Å²) in [5.74, 6) is -0.506. The third-order valence-corrected chi connectivity index (χ3v) is 3.36. The fourth-order valence-corrected chi connectivity index (χ4v) is 2.44. The first-order valence-corrected chi connectivity index (χ1v) is 7.31. The summed E-state index contributed by atoms with van der Waals surface area (Å²) in [6.07, 6.45) is -3.88. The lowest BCUT2D eigenvalue weighted by Gasteiger charge is -2.17. The van der Waals surface area contributed by atoms with Crippen LogP contribution < -0.4 is 11.1 Å². The highest BCUT2D eigenvalue weighted by atomic mass is 79.9. The largest absolute Gasteiger partial charge is 0.416 e. The average Bonchev–Trinajstić information content (AvgIpc) is 2.33. The van der Waals surface area contributed by atoms with Crippen LogP contribution in [0.2, 0.25) is 0 Å². The van der Waals surface area contributed by atoms with Crippen molar-refractivity contribution in [2.24, 2.45) is 17.6 Å². The van der Waals surface area contributed by atoms with Gasteiger partial charge in [-0.15, -0.1) is 0 Å². The van der Waals surface area contributed by atoms with Crippen molar-refractivity contribution in [3.05, 3.63) is 28.2 Å². The van der Waals surface area contributed by atoms with Crippen molar-refractivity contribution >= 4 is 27.5 Å². The minimum atomic E-state index is -4.46. The van der Waals surface area contributed by atoms with Gasteiger partial charge in [0.15, 0.2) is 0 Å². The molecule has 7 heteroatoms. The highest BCUT2D eigenvalue weighted by Gasteiger charge is 2.31. The van der Waals surface area contributed by atoms with Crippen LogP contribution in [0, 0.1) is 11.8 Å². The molecule has 0 aliphatic heterocycles. The highest BCUT2D eigenvalue weighted by Crippen LogP contribution is 2.33. The number of carbonyl (C=O) groups excluding carboxylic acids is 1. The quantitative estimate of drug-likeness (QED) is 0.826. The van der Waals surface area contributed by atoms with Gasteiger partial charge in [-0.1, -0.05) is 29.8 Å². The number of halogens is 4. The standard InChI is InChI=1S/C14H18BrF3N2O/c1-8(2)3-9(7-19)13(21)20-12-5-10(14(16,17)18)4-11(15)6-12/h4-6,8-9H,3,7,19H2,1-2H3,(H,20,21). The van der Waals surface area contributed by atoms with E-state index in [9.17, 15) is 18.0 Å². The second-order valence-corrected chi connectivity index (χ2v) is 6.19. The summed E-state index contributed by atoms with van der Waals surface area (Å²) >= 11 is 3.01. The van der Waals surface area contributed by atoms with Gasteiger partial charge in [0.2, 0.25) is 5.91 Å². The summed E-state index contributed by atoms with van der Waals surface area (Å²) in [5, 5.41) is 2.50. The zero-order valence-corrected chi connectivity index (χ0v) is 13.4. The molecule has 0 saturated heterocycles. The summed E-state index contributed by atoms with van der Waals surface area (Å²) in [6.45, 7) is 4.07. The van der Waals surface area contributed by atoms with Gasteiger partial charge in [0.25, 0.3) is 0 Å². The Morgan fingerprint density at radius 1 is 1.33 bits per heavy atom. The van der Waals surface area contributed by atoms with Gasteiger partial charge >= 0.3 is 6.18 Å². The fourth-order valence-electron chi connectivity index (χ4n) is 1.95. The molecule has 0 aliphatic carbocycles. The van der Waals surface area contributed by atoms with Gasteiger partial charge in [-0.25, -0.2) is 0 Å². The molecule has 1 aromatic carbocycles. The molecule has 0 heterocycles. The van der Waals surface area contributed by atoms with Crippen LogP contribution in [0.3, 0.4) is 0 Å². The van der Waals surface area contributed by atoms with Gasteiger partial charge in [0.05, 0.1) is 11.5 Å². The van der Waals surface area contributed by atoms with Gasteiger partial charge in [-0.2, -0.15) is 13.2 Å². The minimum Gasteiger partial charge on any atom is -0.330 e. The second kappa shape index (κ2) is 7.26. The number of hydrogen-bond acceptors (Lipinski definition) is 2. The van der Waals surface area contributed by atoms with Crippen LogP contribution in [0.1, 0.15) is 25.8 Å². The van der Waals surface area contributed by atoms with E-state index in [2.05, 4.69) is 21.2 Å². The van der Waals surface area contributed by atoms with Gasteiger partial charge in [-0.05, 0) is 30.5 Å². The molecule has 0 aliphatic rings. The average molecular weight is 367 g/mol. The molecule has 1 atom stereocenters. The van der Waals surface area contributed by atoms with Crippen molar-refractivity contribution in [2.45, 2.75) is 26.4 Å². The van der Waals surface area contributed by atoms with Crippen molar-refractivity contribution in [1.29, 1.82) is 0 Å². The van der Waals surface area contributed by atoms with E-state index in [0.29, 0.717) is 6.42 Å². The first-order chi connectivity index (χ1) is 9.63. The van der Waals surface area contributed by atoms with Crippen LogP contribution in [-0.2, 0) is 11.0 Å². The van der Waals surface area contributed by atoms with Crippen molar-refractivity contribution in [1.82, 2.24) is 0 Å². The Morgan fingerprint density at radius 2 is 1.95 bits per heavy atom. The van der Waals surface area contributed by atoms with Gasteiger partial charge in [-0.3, -0.25) is 4.79 Å². The zero-order chi connectivity index (χ0) is 16.2. The van der Waals surface area contributed by atoms with E-state index in [-0.39, 0.29) is 28.5 Å². The second-order valence-electron chi connectivity index (χ2n) is 5.28. The molecule has 0 aromatic heterocycles. The summed E-state index contributed by atoms with van der Waals surface area (Å²) in [4.78, 5) is 12.1. The van der Waals surface area contributed by atoms with Crippen LogP contribution in [0.15, 0.2) is 22.7 Å². The molecule has 3 nitrogen and oxygen atoms in total. The normalized spacial score (nSPS) is 13.3. The number of anilines is 1. The van der Waals surface area contributed by atoms with Crippen molar-refractivity contribution in [3.63, 3.8) is 0 Å². The molecule has 1 aromatic rings. The van der Waals surface area contributed by atoms with E-state index in [0.717, 1.165) is 12.1 Å². The van der Waals surface area contributed by atoms with E-state index in [1.165, 1.54) is 6.07 Å².